The van der Waals surface area contributed by atoms with Gasteiger partial charge in [0.2, 0.25) is 0 Å². The standard InChI is InChI=1S/C40H26O2S2.C32H26O4/c1-19-9-20(2)12-25(11-19)33-17-31-39(43-33)29-15-23-5-8-28-36-24(6-7-27(35(23)36)37(29)41-31)16-30-38(28)42-32-18-34(44-40(30)32)26-13-21(3)10-22(4)14-26;1-31(2,3)23-13-21-29(35-23)19-11-15-7-10-18-26-16(8-9-17(25(15)26)27(19)33-21)12-20-28(18)34-22-14-24(32(4,5)6)36-30(20)22/h5-18H,1-4H3;7-14H,1-6H3. The van der Waals surface area contributed by atoms with Crippen molar-refractivity contribution in [3.05, 3.63) is 167 Å². The van der Waals surface area contributed by atoms with Crippen LogP contribution < -0.4 is 0 Å². The Bertz CT molecular complexity index is 5280. The van der Waals surface area contributed by atoms with Crippen LogP contribution in [0, 0.1) is 27.7 Å². The van der Waals surface area contributed by atoms with Gasteiger partial charge in [-0.25, -0.2) is 0 Å². The summed E-state index contributed by atoms with van der Waals surface area (Å²) in [7, 11) is 0. The van der Waals surface area contributed by atoms with Gasteiger partial charge in [0.25, 0.3) is 0 Å². The average Bonchev–Trinajstić information content (AvgIpc) is 4.23. The molecule has 0 bridgehead atoms. The second-order valence-electron chi connectivity index (χ2n) is 24.7. The summed E-state index contributed by atoms with van der Waals surface area (Å²) in [6.07, 6.45) is 0. The Morgan fingerprint density at radius 1 is 0.287 bits per heavy atom. The van der Waals surface area contributed by atoms with Crippen molar-refractivity contribution in [2.24, 2.45) is 0 Å². The van der Waals surface area contributed by atoms with Crippen molar-refractivity contribution in [3.8, 4) is 20.9 Å². The Labute approximate surface area is 466 Å². The van der Waals surface area contributed by atoms with Crippen molar-refractivity contribution < 1.29 is 26.5 Å². The van der Waals surface area contributed by atoms with Gasteiger partial charge < -0.3 is 26.5 Å². The molecule has 80 heavy (non-hydrogen) atoms. The van der Waals surface area contributed by atoms with Crippen LogP contribution >= 0.6 is 22.7 Å². The van der Waals surface area contributed by atoms with E-state index in [-0.39, 0.29) is 10.8 Å². The molecule has 10 aromatic carbocycles. The minimum atomic E-state index is -0.0781. The SMILES string of the molecule is CC(C)(C)c1cc2oc3c(cc4ccc5c6oc7cc(C(C)(C)C)oc7c6cc6ccc3c4c65)c2o1.Cc1cc(C)cc(-c2cc3oc4c(cc5ccc6c7oc8cc(-c9cc(C)cc(C)c9)sc8c7cc7ccc4c5c76)c3s2)c1. The van der Waals surface area contributed by atoms with Crippen LogP contribution in [-0.4, -0.2) is 0 Å². The maximum atomic E-state index is 6.66. The van der Waals surface area contributed by atoms with E-state index in [1.807, 2.05) is 34.8 Å². The summed E-state index contributed by atoms with van der Waals surface area (Å²) in [5.74, 6) is 1.87. The van der Waals surface area contributed by atoms with Crippen LogP contribution in [0.1, 0.15) is 75.3 Å². The van der Waals surface area contributed by atoms with Crippen molar-refractivity contribution in [1.82, 2.24) is 0 Å². The second kappa shape index (κ2) is 15.6. The molecule has 0 spiro atoms. The summed E-state index contributed by atoms with van der Waals surface area (Å²) in [4.78, 5) is 2.50. The first-order valence-electron chi connectivity index (χ1n) is 27.5. The smallest absolute Gasteiger partial charge is 0.180 e. The number of hydrogen-bond donors (Lipinski definition) is 0. The maximum absolute atomic E-state index is 6.66. The Balaban J connectivity index is 0.000000131. The molecule has 0 saturated heterocycles. The summed E-state index contributed by atoms with van der Waals surface area (Å²) >= 11 is 3.65. The predicted octanol–water partition coefficient (Wildman–Crippen LogP) is 23.2. The van der Waals surface area contributed by atoms with Gasteiger partial charge in [-0.05, 0) is 109 Å². The van der Waals surface area contributed by atoms with E-state index >= 15 is 0 Å². The molecular formula is C72H52O6S2. The lowest BCUT2D eigenvalue weighted by Gasteiger charge is -2.14. The largest absolute Gasteiger partial charge is 0.456 e. The van der Waals surface area contributed by atoms with E-state index in [0.717, 1.165) is 110 Å². The van der Waals surface area contributed by atoms with Crippen LogP contribution in [0.15, 0.2) is 160 Å². The molecule has 8 heteroatoms. The van der Waals surface area contributed by atoms with Gasteiger partial charge in [-0.1, -0.05) is 124 Å². The molecule has 18 aromatic rings. The van der Waals surface area contributed by atoms with Crippen molar-refractivity contribution in [2.75, 3.05) is 0 Å². The van der Waals surface area contributed by atoms with Crippen LogP contribution in [0.2, 0.25) is 0 Å². The molecule has 0 unspecified atom stereocenters. The van der Waals surface area contributed by atoms with E-state index in [1.165, 1.54) is 95.6 Å². The van der Waals surface area contributed by atoms with E-state index in [9.17, 15) is 0 Å². The van der Waals surface area contributed by atoms with Gasteiger partial charge in [-0.2, -0.15) is 0 Å². The maximum Gasteiger partial charge on any atom is 0.180 e. The number of aryl methyl sites for hydroxylation is 4. The Morgan fingerprint density at radius 2 is 0.600 bits per heavy atom. The van der Waals surface area contributed by atoms with E-state index < -0.39 is 0 Å². The van der Waals surface area contributed by atoms with Crippen molar-refractivity contribution >= 4 is 174 Å². The number of hydrogen-bond acceptors (Lipinski definition) is 8. The van der Waals surface area contributed by atoms with Crippen LogP contribution in [0.3, 0.4) is 0 Å². The Morgan fingerprint density at radius 3 is 0.938 bits per heavy atom. The topological polar surface area (TPSA) is 78.8 Å². The van der Waals surface area contributed by atoms with Crippen LogP contribution in [0.25, 0.3) is 172 Å². The lowest BCUT2D eigenvalue weighted by Crippen LogP contribution is -2.08. The molecule has 0 atom stereocenters. The third-order valence-corrected chi connectivity index (χ3v) is 19.1. The number of rotatable bonds is 2. The first-order valence-corrected chi connectivity index (χ1v) is 29.1. The molecule has 6 nitrogen and oxygen atoms in total. The highest BCUT2D eigenvalue weighted by Gasteiger charge is 2.28. The monoisotopic (exact) mass is 1080 g/mol. The van der Waals surface area contributed by atoms with Gasteiger partial charge in [0, 0.05) is 98.7 Å². The molecule has 0 aliphatic rings. The Kier molecular flexibility index (Phi) is 9.05. The molecule has 8 heterocycles. The number of benzene rings is 10. The zero-order valence-electron chi connectivity index (χ0n) is 46.0. The fourth-order valence-corrected chi connectivity index (χ4v) is 15.3. The molecule has 0 amide bonds. The average molecular weight is 1080 g/mol. The molecule has 388 valence electrons. The van der Waals surface area contributed by atoms with Crippen molar-refractivity contribution in [1.29, 1.82) is 0 Å². The van der Waals surface area contributed by atoms with Gasteiger partial charge in [0.05, 0.1) is 20.2 Å². The van der Waals surface area contributed by atoms with Crippen molar-refractivity contribution in [2.45, 2.75) is 80.1 Å². The lowest BCUT2D eigenvalue weighted by atomic mass is 9.92. The first-order chi connectivity index (χ1) is 38.4. The van der Waals surface area contributed by atoms with Crippen LogP contribution in [0.5, 0.6) is 0 Å². The fourth-order valence-electron chi connectivity index (χ4n) is 13.2. The first kappa shape index (κ1) is 46.4. The van der Waals surface area contributed by atoms with Gasteiger partial charge in [-0.15, -0.1) is 22.7 Å². The third kappa shape index (κ3) is 6.51. The van der Waals surface area contributed by atoms with E-state index in [4.69, 9.17) is 26.5 Å². The predicted molar refractivity (Wildman–Crippen MR) is 337 cm³/mol. The number of fused-ring (bicyclic) bond motifs is 16. The van der Waals surface area contributed by atoms with E-state index in [2.05, 4.69) is 191 Å². The lowest BCUT2D eigenvalue weighted by molar-refractivity contribution is 0.431. The normalized spacial score (nSPS) is 13.1. The van der Waals surface area contributed by atoms with Gasteiger partial charge in [0.15, 0.2) is 22.3 Å². The molecule has 0 radical (unpaired) electrons. The molecular weight excluding hydrogens is 1020 g/mol. The molecule has 0 fully saturated rings. The molecule has 0 aliphatic carbocycles. The third-order valence-electron chi connectivity index (χ3n) is 16.7. The van der Waals surface area contributed by atoms with Crippen LogP contribution in [-0.2, 0) is 10.8 Å². The minimum Gasteiger partial charge on any atom is -0.456 e. The van der Waals surface area contributed by atoms with E-state index in [0.29, 0.717) is 0 Å². The fraction of sp³-hybridized carbons (Fsp3) is 0.167. The number of furan rings is 6. The van der Waals surface area contributed by atoms with Gasteiger partial charge in [0.1, 0.15) is 45.0 Å². The summed E-state index contributed by atoms with van der Waals surface area (Å²) < 4.78 is 41.2. The highest BCUT2D eigenvalue weighted by molar-refractivity contribution is 7.23. The number of thiophene rings is 2. The highest BCUT2D eigenvalue weighted by atomic mass is 32.1. The molecule has 18 rings (SSSR count). The zero-order valence-corrected chi connectivity index (χ0v) is 47.6. The highest BCUT2D eigenvalue weighted by Crippen LogP contribution is 2.51. The Hall–Kier alpha value is -8.56. The summed E-state index contributed by atoms with van der Waals surface area (Å²) in [5, 5.41) is 18.6. The summed E-state index contributed by atoms with van der Waals surface area (Å²) in [6.45, 7) is 21.6. The van der Waals surface area contributed by atoms with Gasteiger partial charge in [-0.3, -0.25) is 0 Å². The summed E-state index contributed by atoms with van der Waals surface area (Å²) in [6, 6.07) is 48.8. The minimum absolute atomic E-state index is 0.0781. The molecule has 0 N–H and O–H groups in total. The summed E-state index contributed by atoms with van der Waals surface area (Å²) in [5.41, 5.74) is 16.3. The van der Waals surface area contributed by atoms with Crippen molar-refractivity contribution in [3.63, 3.8) is 0 Å². The molecule has 8 aromatic heterocycles. The quantitative estimate of drug-likeness (QED) is 0.161. The molecule has 0 aliphatic heterocycles. The van der Waals surface area contributed by atoms with Crippen LogP contribution in [0.4, 0.5) is 0 Å². The second-order valence-corrected chi connectivity index (χ2v) is 26.8. The zero-order chi connectivity index (χ0) is 54.2. The van der Waals surface area contributed by atoms with Gasteiger partial charge >= 0.3 is 0 Å². The molecule has 0 saturated carbocycles. The van der Waals surface area contributed by atoms with E-state index in [1.54, 1.807) is 0 Å².